The number of ketones is 4. The number of phenols is 2. The largest absolute Gasteiger partial charge is 0.508 e. The lowest BCUT2D eigenvalue weighted by Crippen LogP contribution is -2.36. The van der Waals surface area contributed by atoms with Crippen molar-refractivity contribution in [1.82, 2.24) is 5.32 Å². The minimum absolute atomic E-state index is 0. The summed E-state index contributed by atoms with van der Waals surface area (Å²) >= 11 is 0. The molecule has 0 radical (unpaired) electrons. The van der Waals surface area contributed by atoms with Crippen molar-refractivity contribution < 1.29 is 53.2 Å². The van der Waals surface area contributed by atoms with E-state index < -0.39 is 17.9 Å². The zero-order valence-corrected chi connectivity index (χ0v) is 37.3. The first-order valence-electron chi connectivity index (χ1n) is 21.3. The minimum Gasteiger partial charge on any atom is -0.508 e. The lowest BCUT2D eigenvalue weighted by Gasteiger charge is -2.36. The highest BCUT2D eigenvalue weighted by Gasteiger charge is 2.41. The number of aryl methyl sites for hydroxylation is 2. The molecule has 1 heterocycles. The number of ether oxygens (including phenoxy) is 2. The molecule has 3 N–H and O–H groups in total. The number of aromatic hydroxyl groups is 2. The van der Waals surface area contributed by atoms with Gasteiger partial charge in [0.15, 0.2) is 5.78 Å². The number of hydrogen-bond acceptors (Lipinski definition) is 12. The van der Waals surface area contributed by atoms with Crippen LogP contribution in [0.3, 0.4) is 0 Å². The second-order valence-electron chi connectivity index (χ2n) is 15.9. The van der Waals surface area contributed by atoms with Crippen LogP contribution in [0.5, 0.6) is 11.5 Å². The van der Waals surface area contributed by atoms with E-state index in [1.165, 1.54) is 30.2 Å². The summed E-state index contributed by atoms with van der Waals surface area (Å²) in [6, 6.07) is 29.3. The highest BCUT2D eigenvalue weighted by Crippen LogP contribution is 2.46. The second kappa shape index (κ2) is 26.7. The van der Waals surface area contributed by atoms with Gasteiger partial charge in [0.2, 0.25) is 0 Å². The Kier molecular flexibility index (Phi) is 22.4. The molecule has 352 valence electrons. The van der Waals surface area contributed by atoms with Crippen molar-refractivity contribution in [2.45, 2.75) is 113 Å². The Hall–Kier alpha value is -6.95. The number of phenolic OH excluding ortho intramolecular Hbond substituents is 2. The van der Waals surface area contributed by atoms with Crippen LogP contribution in [0, 0.1) is 13.8 Å². The van der Waals surface area contributed by atoms with Gasteiger partial charge in [-0.15, -0.1) is 0 Å². The third-order valence-corrected chi connectivity index (χ3v) is 10.7. The summed E-state index contributed by atoms with van der Waals surface area (Å²) < 4.78 is 9.81. The third kappa shape index (κ3) is 16.2. The number of hydrogen-bond donors (Lipinski definition) is 3. The predicted octanol–water partition coefficient (Wildman–Crippen LogP) is 10.0. The van der Waals surface area contributed by atoms with Crippen LogP contribution in [0.2, 0.25) is 0 Å². The average molecular weight is 904 g/mol. The summed E-state index contributed by atoms with van der Waals surface area (Å²) in [7, 11) is 0. The van der Waals surface area contributed by atoms with Crippen LogP contribution in [-0.2, 0) is 38.2 Å². The van der Waals surface area contributed by atoms with Crippen LogP contribution in [0.1, 0.15) is 137 Å². The molecule has 66 heavy (non-hydrogen) atoms. The van der Waals surface area contributed by atoms with Gasteiger partial charge in [-0.1, -0.05) is 98.8 Å². The molecule has 0 saturated heterocycles. The Bertz CT molecular complexity index is 2380. The lowest BCUT2D eigenvalue weighted by molar-refractivity contribution is -0.145. The molecule has 1 saturated carbocycles. The standard InChI is InChI=1S/C26H27NO4.C13H14O2.C7H6O2.C6H10O3.2CH4/c1-4-31-26(30)23-16(3)27-21-13-19(17-10-8-15(2)9-11-17)14-22(29)25(21)24(23)18-6-5-7-20(28)12-18;1-9-2-4-10(5-3-9)11-6-12(14)8-13(15)7-11;8-5-6-2-1-3-7(9)4-6;1-3-9-6(8)4-5(2)7;;/h5-12,19,24,27-28H,4,13-14H2,1-3H3;2-5,11H,6-8H2,1H3;1-5,9H;3-4H2,1-2H3;2*1H4. The molecular formula is C54H65NO11. The molecule has 12 nitrogen and oxygen atoms in total. The third-order valence-electron chi connectivity index (χ3n) is 10.7. The smallest absolute Gasteiger partial charge is 0.336 e. The Morgan fingerprint density at radius 2 is 1.20 bits per heavy atom. The topological polar surface area (TPSA) is 190 Å². The van der Waals surface area contributed by atoms with Gasteiger partial charge in [-0.25, -0.2) is 4.79 Å². The van der Waals surface area contributed by atoms with Crippen molar-refractivity contribution in [3.05, 3.63) is 153 Å². The zero-order chi connectivity index (χ0) is 46.9. The summed E-state index contributed by atoms with van der Waals surface area (Å²) in [5.41, 5.74) is 8.39. The maximum Gasteiger partial charge on any atom is 0.336 e. The van der Waals surface area contributed by atoms with Gasteiger partial charge in [0.25, 0.3) is 0 Å². The fourth-order valence-electron chi connectivity index (χ4n) is 7.70. The number of carbonyl (C=O) groups is 7. The number of carbonyl (C=O) groups excluding carboxylic acids is 7. The second-order valence-corrected chi connectivity index (χ2v) is 15.9. The molecule has 3 aliphatic rings. The number of esters is 2. The summed E-state index contributed by atoms with van der Waals surface area (Å²) in [5.74, 6) is -1.01. The van der Waals surface area contributed by atoms with Crippen molar-refractivity contribution >= 4 is 41.4 Å². The van der Waals surface area contributed by atoms with E-state index in [4.69, 9.17) is 9.84 Å². The molecule has 1 fully saturated rings. The molecule has 0 aromatic heterocycles. The van der Waals surface area contributed by atoms with E-state index in [0.717, 1.165) is 16.8 Å². The molecule has 7 rings (SSSR count). The highest BCUT2D eigenvalue weighted by atomic mass is 16.5. The Morgan fingerprint density at radius 3 is 1.67 bits per heavy atom. The summed E-state index contributed by atoms with van der Waals surface area (Å²) in [4.78, 5) is 79.6. The average Bonchev–Trinajstić information content (AvgIpc) is 3.24. The molecule has 4 aromatic carbocycles. The summed E-state index contributed by atoms with van der Waals surface area (Å²) in [6.07, 6.45) is 2.85. The molecular weight excluding hydrogens is 839 g/mol. The van der Waals surface area contributed by atoms with Gasteiger partial charge in [0.1, 0.15) is 41.6 Å². The number of benzene rings is 4. The van der Waals surface area contributed by atoms with Gasteiger partial charge in [0.05, 0.1) is 25.2 Å². The van der Waals surface area contributed by atoms with Gasteiger partial charge < -0.3 is 25.0 Å². The number of Topliss-reactive ketones (excluding diaryl/α,β-unsaturated/α-hetero) is 4. The molecule has 2 atom stereocenters. The van der Waals surface area contributed by atoms with Gasteiger partial charge in [-0.3, -0.25) is 28.8 Å². The number of nitrogens with one attached hydrogen (secondary N) is 1. The quantitative estimate of drug-likeness (QED) is 0.0820. The van der Waals surface area contributed by atoms with E-state index in [9.17, 15) is 38.7 Å². The molecule has 0 amide bonds. The van der Waals surface area contributed by atoms with Crippen LogP contribution < -0.4 is 5.32 Å². The first-order chi connectivity index (χ1) is 30.5. The van der Waals surface area contributed by atoms with Crippen molar-refractivity contribution in [3.8, 4) is 11.5 Å². The molecule has 4 aromatic rings. The fraction of sp³-hybridized carbons (Fsp3) is 0.352. The van der Waals surface area contributed by atoms with Gasteiger partial charge in [0, 0.05) is 47.7 Å². The monoisotopic (exact) mass is 903 g/mol. The van der Waals surface area contributed by atoms with Crippen LogP contribution in [0.4, 0.5) is 0 Å². The highest BCUT2D eigenvalue weighted by molar-refractivity contribution is 6.04. The molecule has 2 unspecified atom stereocenters. The first kappa shape index (κ1) is 55.2. The SMILES string of the molecule is C.C.CCOC(=O)C1=C(C)NC2=C(C(=O)CC(c3ccc(C)cc3)C2)C1c1cccc(O)c1.CCOC(=O)CC(C)=O.Cc1ccc(C2CC(=O)CC(=O)C2)cc1.O=Cc1cccc(O)c1. The molecule has 2 aliphatic carbocycles. The molecule has 1 aliphatic heterocycles. The van der Waals surface area contributed by atoms with Gasteiger partial charge >= 0.3 is 11.9 Å². The zero-order valence-electron chi connectivity index (χ0n) is 37.3. The number of aldehydes is 1. The molecule has 0 bridgehead atoms. The van der Waals surface area contributed by atoms with Crippen molar-refractivity contribution in [3.63, 3.8) is 0 Å². The van der Waals surface area contributed by atoms with Crippen LogP contribution in [0.15, 0.2) is 120 Å². The van der Waals surface area contributed by atoms with Crippen molar-refractivity contribution in [1.29, 1.82) is 0 Å². The number of allylic oxidation sites excluding steroid dienone is 3. The van der Waals surface area contributed by atoms with Crippen molar-refractivity contribution in [2.24, 2.45) is 0 Å². The maximum atomic E-state index is 13.4. The van der Waals surface area contributed by atoms with Gasteiger partial charge in [-0.2, -0.15) is 0 Å². The Balaban J connectivity index is 0.000000354. The maximum absolute atomic E-state index is 13.4. The fourth-order valence-corrected chi connectivity index (χ4v) is 7.70. The van der Waals surface area contributed by atoms with Crippen LogP contribution >= 0.6 is 0 Å². The van der Waals surface area contributed by atoms with E-state index in [0.29, 0.717) is 66.5 Å². The molecule has 0 spiro atoms. The van der Waals surface area contributed by atoms with E-state index >= 15 is 0 Å². The van der Waals surface area contributed by atoms with E-state index in [2.05, 4.69) is 34.3 Å². The number of dihydropyridines is 1. The number of rotatable bonds is 9. The van der Waals surface area contributed by atoms with Gasteiger partial charge in [-0.05, 0) is 101 Å². The van der Waals surface area contributed by atoms with Crippen LogP contribution in [0.25, 0.3) is 0 Å². The lowest BCUT2D eigenvalue weighted by atomic mass is 9.71. The van der Waals surface area contributed by atoms with Crippen molar-refractivity contribution in [2.75, 3.05) is 13.2 Å². The van der Waals surface area contributed by atoms with E-state index in [1.807, 2.05) is 51.1 Å². The summed E-state index contributed by atoms with van der Waals surface area (Å²) in [5, 5.41) is 22.2. The Labute approximate surface area is 389 Å². The molecule has 12 heteroatoms. The van der Waals surface area contributed by atoms with Crippen LogP contribution in [-0.4, -0.2) is 64.8 Å². The van der Waals surface area contributed by atoms with E-state index in [-0.39, 0.29) is 80.8 Å². The Morgan fingerprint density at radius 1 is 0.682 bits per heavy atom. The predicted molar refractivity (Wildman–Crippen MR) is 255 cm³/mol. The summed E-state index contributed by atoms with van der Waals surface area (Å²) in [6.45, 7) is 11.3. The first-order valence-corrected chi connectivity index (χ1v) is 21.3. The normalized spacial score (nSPS) is 16.4. The minimum atomic E-state index is -0.561. The van der Waals surface area contributed by atoms with E-state index in [1.54, 1.807) is 44.2 Å².